The molecule has 3 nitrogen and oxygen atoms in total. The van der Waals surface area contributed by atoms with Crippen molar-refractivity contribution in [1.82, 2.24) is 0 Å². The van der Waals surface area contributed by atoms with Crippen LogP contribution in [0.25, 0.3) is 0 Å². The van der Waals surface area contributed by atoms with E-state index in [0.717, 1.165) is 25.7 Å². The van der Waals surface area contributed by atoms with Gasteiger partial charge in [0.25, 0.3) is 0 Å². The smallest absolute Gasteiger partial charge is 0.306 e. The lowest BCUT2D eigenvalue weighted by Crippen LogP contribution is -2.23. The molecule has 0 aromatic rings. The fourth-order valence-corrected chi connectivity index (χ4v) is 2.21. The molecule has 1 rings (SSSR count). The molecule has 4 atom stereocenters. The minimum absolute atomic E-state index is 0.160. The lowest BCUT2D eigenvalue weighted by Gasteiger charge is -2.26. The van der Waals surface area contributed by atoms with Crippen LogP contribution in [0.15, 0.2) is 12.2 Å². The number of hydrogen-bond acceptors (Lipinski definition) is 2. The molecule has 2 N–H and O–H groups in total. The second-order valence-electron chi connectivity index (χ2n) is 4.81. The van der Waals surface area contributed by atoms with E-state index in [-0.39, 0.29) is 17.9 Å². The van der Waals surface area contributed by atoms with E-state index in [2.05, 4.69) is 6.08 Å². The Kier molecular flexibility index (Phi) is 5.00. The fraction of sp³-hybridized carbons (Fsp3) is 0.769. The summed E-state index contributed by atoms with van der Waals surface area (Å²) >= 11 is 0. The van der Waals surface area contributed by atoms with Crippen LogP contribution in [-0.4, -0.2) is 22.3 Å². The van der Waals surface area contributed by atoms with Gasteiger partial charge in [-0.05, 0) is 37.5 Å². The Labute approximate surface area is 97.2 Å². The predicted octanol–water partition coefficient (Wildman–Crippen LogP) is 2.45. The maximum atomic E-state index is 10.8. The van der Waals surface area contributed by atoms with Crippen molar-refractivity contribution in [2.75, 3.05) is 0 Å². The van der Waals surface area contributed by atoms with Gasteiger partial charge >= 0.3 is 5.97 Å². The molecule has 0 spiro atoms. The Morgan fingerprint density at radius 1 is 1.44 bits per heavy atom. The lowest BCUT2D eigenvalue weighted by molar-refractivity contribution is -0.142. The summed E-state index contributed by atoms with van der Waals surface area (Å²) in [6.07, 6.45) is 7.41. The molecule has 4 unspecified atom stereocenters. The van der Waals surface area contributed by atoms with Gasteiger partial charge in [-0.15, -0.1) is 0 Å². The van der Waals surface area contributed by atoms with Crippen LogP contribution >= 0.6 is 0 Å². The third-order valence-electron chi connectivity index (χ3n) is 3.58. The first-order valence-corrected chi connectivity index (χ1v) is 6.13. The molecule has 1 aliphatic rings. The van der Waals surface area contributed by atoms with Gasteiger partial charge in [0.1, 0.15) is 0 Å². The minimum atomic E-state index is -0.721. The van der Waals surface area contributed by atoms with Crippen LogP contribution in [0.4, 0.5) is 0 Å². The largest absolute Gasteiger partial charge is 0.481 e. The van der Waals surface area contributed by atoms with Gasteiger partial charge in [-0.3, -0.25) is 4.79 Å². The number of rotatable bonds is 5. The van der Waals surface area contributed by atoms with Crippen LogP contribution in [-0.2, 0) is 4.79 Å². The van der Waals surface area contributed by atoms with E-state index in [4.69, 9.17) is 5.11 Å². The van der Waals surface area contributed by atoms with Crippen molar-refractivity contribution in [2.24, 2.45) is 17.8 Å². The summed E-state index contributed by atoms with van der Waals surface area (Å²) in [5.74, 6) is -0.435. The molecule has 3 heteroatoms. The van der Waals surface area contributed by atoms with Gasteiger partial charge < -0.3 is 10.2 Å². The highest BCUT2D eigenvalue weighted by atomic mass is 16.4. The van der Waals surface area contributed by atoms with E-state index in [9.17, 15) is 9.90 Å². The number of allylic oxidation sites excluding steroid dienone is 2. The normalized spacial score (nSPS) is 28.7. The SMILES string of the molecule is CCC(O)CC1C=CC(C(C)C(=O)O)CC1. The molecule has 16 heavy (non-hydrogen) atoms. The molecule has 0 saturated carbocycles. The molecule has 0 aliphatic heterocycles. The van der Waals surface area contributed by atoms with Crippen molar-refractivity contribution in [1.29, 1.82) is 0 Å². The van der Waals surface area contributed by atoms with Crippen molar-refractivity contribution >= 4 is 5.97 Å². The molecular weight excluding hydrogens is 204 g/mol. The Balaban J connectivity index is 2.45. The first kappa shape index (κ1) is 13.2. The maximum absolute atomic E-state index is 10.8. The predicted molar refractivity (Wildman–Crippen MR) is 63.1 cm³/mol. The maximum Gasteiger partial charge on any atom is 0.306 e. The summed E-state index contributed by atoms with van der Waals surface area (Å²) in [6, 6.07) is 0. The van der Waals surface area contributed by atoms with E-state index in [1.54, 1.807) is 6.92 Å². The standard InChI is InChI=1S/C13H22O3/c1-3-12(14)8-10-4-6-11(7-5-10)9(2)13(15)16/h4,6,9-12,14H,3,5,7-8H2,1-2H3,(H,15,16). The molecule has 0 aromatic carbocycles. The number of aliphatic hydroxyl groups excluding tert-OH is 1. The average molecular weight is 226 g/mol. The van der Waals surface area contributed by atoms with E-state index in [0.29, 0.717) is 5.92 Å². The number of hydrogen-bond donors (Lipinski definition) is 2. The fourth-order valence-electron chi connectivity index (χ4n) is 2.21. The Bertz CT molecular complexity index is 260. The molecule has 0 amide bonds. The van der Waals surface area contributed by atoms with Crippen LogP contribution in [0.3, 0.4) is 0 Å². The monoisotopic (exact) mass is 226 g/mol. The number of carboxylic acid groups (broad SMARTS) is 1. The molecule has 0 heterocycles. The van der Waals surface area contributed by atoms with Gasteiger partial charge in [0, 0.05) is 0 Å². The highest BCUT2D eigenvalue weighted by molar-refractivity contribution is 5.70. The zero-order valence-electron chi connectivity index (χ0n) is 10.1. The van der Waals surface area contributed by atoms with E-state index < -0.39 is 5.97 Å². The van der Waals surface area contributed by atoms with Crippen LogP contribution in [0.1, 0.15) is 39.5 Å². The van der Waals surface area contributed by atoms with Crippen molar-refractivity contribution in [3.8, 4) is 0 Å². The molecule has 1 aliphatic carbocycles. The second-order valence-corrected chi connectivity index (χ2v) is 4.81. The summed E-state index contributed by atoms with van der Waals surface area (Å²) in [7, 11) is 0. The third-order valence-corrected chi connectivity index (χ3v) is 3.58. The third kappa shape index (κ3) is 3.63. The highest BCUT2D eigenvalue weighted by Gasteiger charge is 2.25. The summed E-state index contributed by atoms with van der Waals surface area (Å²) in [5.41, 5.74) is 0. The Morgan fingerprint density at radius 2 is 2.12 bits per heavy atom. The highest BCUT2D eigenvalue weighted by Crippen LogP contribution is 2.30. The van der Waals surface area contributed by atoms with Crippen molar-refractivity contribution in [3.05, 3.63) is 12.2 Å². The molecule has 0 fully saturated rings. The topological polar surface area (TPSA) is 57.5 Å². The Morgan fingerprint density at radius 3 is 2.56 bits per heavy atom. The first-order valence-electron chi connectivity index (χ1n) is 6.13. The summed E-state index contributed by atoms with van der Waals surface area (Å²) in [4.78, 5) is 10.8. The van der Waals surface area contributed by atoms with Crippen molar-refractivity contribution < 1.29 is 15.0 Å². The lowest BCUT2D eigenvalue weighted by atomic mass is 9.80. The number of carboxylic acids is 1. The van der Waals surface area contributed by atoms with Crippen molar-refractivity contribution in [3.63, 3.8) is 0 Å². The van der Waals surface area contributed by atoms with E-state index in [1.165, 1.54) is 0 Å². The summed E-state index contributed by atoms with van der Waals surface area (Å²) in [6.45, 7) is 3.74. The quantitative estimate of drug-likeness (QED) is 0.708. The Hall–Kier alpha value is -0.830. The van der Waals surface area contributed by atoms with Gasteiger partial charge in [-0.2, -0.15) is 0 Å². The van der Waals surface area contributed by atoms with Crippen molar-refractivity contribution in [2.45, 2.75) is 45.6 Å². The number of aliphatic carboxylic acids is 1. The van der Waals surface area contributed by atoms with Crippen LogP contribution in [0.5, 0.6) is 0 Å². The summed E-state index contributed by atoms with van der Waals surface area (Å²) < 4.78 is 0. The zero-order chi connectivity index (χ0) is 12.1. The second kappa shape index (κ2) is 6.04. The minimum Gasteiger partial charge on any atom is -0.481 e. The molecule has 0 saturated heterocycles. The van der Waals surface area contributed by atoms with Gasteiger partial charge in [-0.25, -0.2) is 0 Å². The van der Waals surface area contributed by atoms with Crippen LogP contribution in [0.2, 0.25) is 0 Å². The number of carbonyl (C=O) groups is 1. The number of aliphatic hydroxyl groups is 1. The summed E-state index contributed by atoms with van der Waals surface area (Å²) in [5, 5.41) is 18.5. The van der Waals surface area contributed by atoms with Gasteiger partial charge in [0.15, 0.2) is 0 Å². The van der Waals surface area contributed by atoms with Gasteiger partial charge in [0.05, 0.1) is 12.0 Å². The van der Waals surface area contributed by atoms with Gasteiger partial charge in [-0.1, -0.05) is 26.0 Å². The van der Waals surface area contributed by atoms with Crippen LogP contribution < -0.4 is 0 Å². The van der Waals surface area contributed by atoms with E-state index in [1.807, 2.05) is 13.0 Å². The van der Waals surface area contributed by atoms with Crippen LogP contribution in [0, 0.1) is 17.8 Å². The molecule has 0 radical (unpaired) electrons. The zero-order valence-corrected chi connectivity index (χ0v) is 10.1. The van der Waals surface area contributed by atoms with E-state index >= 15 is 0 Å². The molecular formula is C13H22O3. The first-order chi connectivity index (χ1) is 7.54. The molecule has 0 bridgehead atoms. The average Bonchev–Trinajstić information content (AvgIpc) is 2.28. The van der Waals surface area contributed by atoms with Gasteiger partial charge in [0.2, 0.25) is 0 Å². The molecule has 0 aromatic heterocycles. The molecule has 92 valence electrons.